The van der Waals surface area contributed by atoms with Crippen LogP contribution < -0.4 is 10.6 Å². The summed E-state index contributed by atoms with van der Waals surface area (Å²) >= 11 is 12.0. The highest BCUT2D eigenvalue weighted by Crippen LogP contribution is 2.30. The van der Waals surface area contributed by atoms with Gasteiger partial charge >= 0.3 is 0 Å². The second kappa shape index (κ2) is 6.78. The van der Waals surface area contributed by atoms with Gasteiger partial charge in [0.25, 0.3) is 5.91 Å². The van der Waals surface area contributed by atoms with Gasteiger partial charge in [0.2, 0.25) is 0 Å². The Bertz CT molecular complexity index is 622. The molecule has 2 N–H and O–H groups in total. The van der Waals surface area contributed by atoms with Gasteiger partial charge in [-0.15, -0.1) is 0 Å². The average Bonchev–Trinajstić information content (AvgIpc) is 2.43. The van der Waals surface area contributed by atoms with Gasteiger partial charge in [-0.2, -0.15) is 0 Å². The van der Waals surface area contributed by atoms with Crippen LogP contribution in [0.5, 0.6) is 0 Å². The van der Waals surface area contributed by atoms with E-state index in [0.717, 1.165) is 5.69 Å². The van der Waals surface area contributed by atoms with Crippen LogP contribution >= 0.6 is 23.2 Å². The van der Waals surface area contributed by atoms with Crippen LogP contribution in [0.25, 0.3) is 0 Å². The monoisotopic (exact) mass is 323 g/mol. The van der Waals surface area contributed by atoms with Crippen molar-refractivity contribution in [1.82, 2.24) is 4.98 Å². The number of carbonyl (C=O) groups excluding carboxylic acids is 1. The third-order valence-electron chi connectivity index (χ3n) is 2.65. The summed E-state index contributed by atoms with van der Waals surface area (Å²) in [5.41, 5.74) is 1.54. The summed E-state index contributed by atoms with van der Waals surface area (Å²) in [6, 6.07) is 8.78. The van der Waals surface area contributed by atoms with E-state index in [1.807, 2.05) is 13.8 Å². The molecule has 4 nitrogen and oxygen atoms in total. The average molecular weight is 324 g/mol. The lowest BCUT2D eigenvalue weighted by atomic mass is 10.2. The molecule has 6 heteroatoms. The molecule has 0 aliphatic heterocycles. The molecular formula is C15H15Cl2N3O. The number of anilines is 2. The molecule has 0 aliphatic carbocycles. The van der Waals surface area contributed by atoms with Crippen LogP contribution in [0.15, 0.2) is 36.5 Å². The minimum absolute atomic E-state index is 0.292. The molecule has 0 bridgehead atoms. The Kier molecular flexibility index (Phi) is 5.04. The number of benzene rings is 1. The van der Waals surface area contributed by atoms with E-state index in [1.165, 1.54) is 0 Å². The van der Waals surface area contributed by atoms with Crippen LogP contribution in [0.2, 0.25) is 10.0 Å². The van der Waals surface area contributed by atoms with Crippen molar-refractivity contribution in [3.8, 4) is 0 Å². The molecule has 0 saturated carbocycles. The normalized spacial score (nSPS) is 10.5. The zero-order valence-corrected chi connectivity index (χ0v) is 13.2. The molecule has 110 valence electrons. The number of nitrogens with zero attached hydrogens (tertiary/aromatic N) is 1. The maximum absolute atomic E-state index is 12.1. The number of aromatic nitrogens is 1. The molecule has 1 heterocycles. The van der Waals surface area contributed by atoms with Crippen molar-refractivity contribution in [2.45, 2.75) is 19.9 Å². The van der Waals surface area contributed by atoms with E-state index in [0.29, 0.717) is 27.5 Å². The highest BCUT2D eigenvalue weighted by atomic mass is 35.5. The third-order valence-corrected chi connectivity index (χ3v) is 3.28. The molecule has 1 aromatic carbocycles. The van der Waals surface area contributed by atoms with Gasteiger partial charge < -0.3 is 10.6 Å². The molecule has 1 aromatic heterocycles. The number of halogens is 2. The van der Waals surface area contributed by atoms with Gasteiger partial charge in [-0.3, -0.25) is 4.79 Å². The zero-order valence-electron chi connectivity index (χ0n) is 11.7. The van der Waals surface area contributed by atoms with Gasteiger partial charge in [-0.1, -0.05) is 29.3 Å². The quantitative estimate of drug-likeness (QED) is 0.873. The van der Waals surface area contributed by atoms with Crippen LogP contribution in [0.1, 0.15) is 24.3 Å². The number of nitrogens with one attached hydrogen (secondary N) is 2. The zero-order chi connectivity index (χ0) is 15.4. The Morgan fingerprint density at radius 1 is 1.14 bits per heavy atom. The standard InChI is InChI=1S/C15H15Cl2N3O/c1-9(2)19-10-6-7-13(18-8-10)15(21)20-14-11(16)4-3-5-12(14)17/h3-9,19H,1-2H3,(H,20,21). The summed E-state index contributed by atoms with van der Waals surface area (Å²) in [7, 11) is 0. The first-order valence-corrected chi connectivity index (χ1v) is 7.21. The minimum Gasteiger partial charge on any atom is -0.382 e. The first-order chi connectivity index (χ1) is 9.97. The van der Waals surface area contributed by atoms with Crippen molar-refractivity contribution in [2.24, 2.45) is 0 Å². The van der Waals surface area contributed by atoms with E-state index in [1.54, 1.807) is 36.5 Å². The van der Waals surface area contributed by atoms with E-state index in [-0.39, 0.29) is 5.91 Å². The van der Waals surface area contributed by atoms with Gasteiger partial charge in [0.15, 0.2) is 0 Å². The minimum atomic E-state index is -0.360. The molecule has 1 amide bonds. The maximum Gasteiger partial charge on any atom is 0.274 e. The maximum atomic E-state index is 12.1. The molecule has 0 unspecified atom stereocenters. The number of amides is 1. The summed E-state index contributed by atoms with van der Waals surface area (Å²) in [5, 5.41) is 6.64. The molecule has 0 atom stereocenters. The summed E-state index contributed by atoms with van der Waals surface area (Å²) < 4.78 is 0. The largest absolute Gasteiger partial charge is 0.382 e. The van der Waals surface area contributed by atoms with E-state index in [9.17, 15) is 4.79 Å². The van der Waals surface area contributed by atoms with Crippen molar-refractivity contribution in [1.29, 1.82) is 0 Å². The molecule has 0 aliphatic rings. The number of pyridine rings is 1. The molecule has 2 aromatic rings. The van der Waals surface area contributed by atoms with E-state index >= 15 is 0 Å². The number of carbonyl (C=O) groups is 1. The van der Waals surface area contributed by atoms with Crippen molar-refractivity contribution in [3.05, 3.63) is 52.3 Å². The lowest BCUT2D eigenvalue weighted by molar-refractivity contribution is 0.102. The summed E-state index contributed by atoms with van der Waals surface area (Å²) in [4.78, 5) is 16.3. The highest BCUT2D eigenvalue weighted by molar-refractivity contribution is 6.39. The van der Waals surface area contributed by atoms with Crippen LogP contribution in [0, 0.1) is 0 Å². The van der Waals surface area contributed by atoms with E-state index in [2.05, 4.69) is 15.6 Å². The number of para-hydroxylation sites is 1. The predicted molar refractivity (Wildman–Crippen MR) is 87.4 cm³/mol. The molecule has 0 saturated heterocycles. The lowest BCUT2D eigenvalue weighted by Gasteiger charge is -2.11. The fourth-order valence-electron chi connectivity index (χ4n) is 1.74. The van der Waals surface area contributed by atoms with E-state index in [4.69, 9.17) is 23.2 Å². The van der Waals surface area contributed by atoms with Crippen LogP contribution in [-0.2, 0) is 0 Å². The molecule has 2 rings (SSSR count). The van der Waals surface area contributed by atoms with Crippen LogP contribution in [0.3, 0.4) is 0 Å². The fraction of sp³-hybridized carbons (Fsp3) is 0.200. The van der Waals surface area contributed by atoms with Crippen LogP contribution in [0.4, 0.5) is 11.4 Å². The SMILES string of the molecule is CC(C)Nc1ccc(C(=O)Nc2c(Cl)cccc2Cl)nc1. The molecular weight excluding hydrogens is 309 g/mol. The fourth-order valence-corrected chi connectivity index (χ4v) is 2.23. The second-order valence-corrected chi connectivity index (χ2v) is 5.60. The number of hydrogen-bond donors (Lipinski definition) is 2. The first kappa shape index (κ1) is 15.6. The van der Waals surface area contributed by atoms with E-state index < -0.39 is 0 Å². The Balaban J connectivity index is 2.13. The smallest absolute Gasteiger partial charge is 0.274 e. The topological polar surface area (TPSA) is 54.0 Å². The van der Waals surface area contributed by atoms with Crippen molar-refractivity contribution < 1.29 is 4.79 Å². The molecule has 21 heavy (non-hydrogen) atoms. The Morgan fingerprint density at radius 2 is 1.81 bits per heavy atom. The Labute approximate surface area is 133 Å². The summed E-state index contributed by atoms with van der Waals surface area (Å²) in [5.74, 6) is -0.360. The Hall–Kier alpha value is -1.78. The summed E-state index contributed by atoms with van der Waals surface area (Å²) in [6.07, 6.45) is 1.61. The number of hydrogen-bond acceptors (Lipinski definition) is 3. The van der Waals surface area contributed by atoms with Gasteiger partial charge in [0, 0.05) is 6.04 Å². The molecule has 0 spiro atoms. The van der Waals surface area contributed by atoms with Gasteiger partial charge in [-0.05, 0) is 38.1 Å². The third kappa shape index (κ3) is 4.09. The van der Waals surface area contributed by atoms with Gasteiger partial charge in [0.05, 0.1) is 27.6 Å². The van der Waals surface area contributed by atoms with Gasteiger partial charge in [-0.25, -0.2) is 4.98 Å². The summed E-state index contributed by atoms with van der Waals surface area (Å²) in [6.45, 7) is 4.06. The lowest BCUT2D eigenvalue weighted by Crippen LogP contribution is -2.15. The van der Waals surface area contributed by atoms with Crippen molar-refractivity contribution in [2.75, 3.05) is 10.6 Å². The number of rotatable bonds is 4. The van der Waals surface area contributed by atoms with Gasteiger partial charge in [0.1, 0.15) is 5.69 Å². The first-order valence-electron chi connectivity index (χ1n) is 6.45. The molecule has 0 radical (unpaired) electrons. The predicted octanol–water partition coefficient (Wildman–Crippen LogP) is 4.46. The Morgan fingerprint density at radius 3 is 2.33 bits per heavy atom. The van der Waals surface area contributed by atoms with Crippen molar-refractivity contribution in [3.63, 3.8) is 0 Å². The molecule has 0 fully saturated rings. The second-order valence-electron chi connectivity index (χ2n) is 4.78. The van der Waals surface area contributed by atoms with Crippen molar-refractivity contribution >= 4 is 40.5 Å². The highest BCUT2D eigenvalue weighted by Gasteiger charge is 2.12. The van der Waals surface area contributed by atoms with Crippen LogP contribution in [-0.4, -0.2) is 16.9 Å².